The van der Waals surface area contributed by atoms with E-state index in [9.17, 15) is 13.6 Å². The summed E-state index contributed by atoms with van der Waals surface area (Å²) in [5.41, 5.74) is 1.87. The fraction of sp³-hybridized carbons (Fsp3) is 0.167. The molecule has 0 unspecified atom stereocenters. The van der Waals surface area contributed by atoms with Crippen LogP contribution in [0.1, 0.15) is 22.8 Å². The summed E-state index contributed by atoms with van der Waals surface area (Å²) < 4.78 is 25.0. The van der Waals surface area contributed by atoms with Crippen molar-refractivity contribution < 1.29 is 13.6 Å². The Morgan fingerprint density at radius 2 is 2.15 bits per heavy atom. The standard InChI is InChI=1S/C18H17F2N3OS2/c1-12(21-2)17(25-11-13-5-4-8-22-10-13)23-16(24)14-6-3-7-15(9-14)26-18(19)20/h3-10,18H,2,11H2,1H3,(H,23,24)/b17-12-. The molecule has 0 saturated heterocycles. The van der Waals surface area contributed by atoms with Crippen LogP contribution >= 0.6 is 23.5 Å². The Labute approximate surface area is 159 Å². The number of carbonyl (C=O) groups excluding carboxylic acids is 1. The van der Waals surface area contributed by atoms with E-state index in [0.29, 0.717) is 38.7 Å². The van der Waals surface area contributed by atoms with Gasteiger partial charge in [-0.1, -0.05) is 23.9 Å². The molecule has 26 heavy (non-hydrogen) atoms. The molecule has 2 rings (SSSR count). The number of amides is 1. The normalized spacial score (nSPS) is 11.8. The minimum atomic E-state index is -2.54. The number of aliphatic imine (C=N–C) groups is 1. The van der Waals surface area contributed by atoms with Gasteiger partial charge in [-0.05, 0) is 43.5 Å². The van der Waals surface area contributed by atoms with Gasteiger partial charge in [0.1, 0.15) is 0 Å². The van der Waals surface area contributed by atoms with Gasteiger partial charge in [-0.25, -0.2) is 0 Å². The largest absolute Gasteiger partial charge is 0.315 e. The van der Waals surface area contributed by atoms with Crippen LogP contribution in [0.5, 0.6) is 0 Å². The third-order valence-corrected chi connectivity index (χ3v) is 5.09. The summed E-state index contributed by atoms with van der Waals surface area (Å²) in [6, 6.07) is 9.89. The third-order valence-electron chi connectivity index (χ3n) is 3.22. The number of nitrogens with one attached hydrogen (secondary N) is 1. The van der Waals surface area contributed by atoms with Gasteiger partial charge in [0.2, 0.25) is 0 Å². The number of aromatic nitrogens is 1. The number of halogens is 2. The van der Waals surface area contributed by atoms with E-state index < -0.39 is 11.7 Å². The third kappa shape index (κ3) is 6.27. The summed E-state index contributed by atoms with van der Waals surface area (Å²) >= 11 is 1.80. The van der Waals surface area contributed by atoms with Crippen LogP contribution in [0.2, 0.25) is 0 Å². The predicted octanol–water partition coefficient (Wildman–Crippen LogP) is 4.95. The lowest BCUT2D eigenvalue weighted by molar-refractivity contribution is 0.0968. The Balaban J connectivity index is 2.10. The van der Waals surface area contributed by atoms with Crippen LogP contribution in [-0.4, -0.2) is 23.4 Å². The number of benzene rings is 1. The molecule has 1 heterocycles. The highest BCUT2D eigenvalue weighted by atomic mass is 32.2. The monoisotopic (exact) mass is 393 g/mol. The fourth-order valence-corrected chi connectivity index (χ4v) is 3.41. The molecule has 0 fully saturated rings. The zero-order valence-electron chi connectivity index (χ0n) is 14.0. The van der Waals surface area contributed by atoms with Crippen molar-refractivity contribution in [2.24, 2.45) is 4.99 Å². The molecule has 0 saturated carbocycles. The molecular weight excluding hydrogens is 376 g/mol. The van der Waals surface area contributed by atoms with Crippen LogP contribution in [0.3, 0.4) is 0 Å². The number of hydrogen-bond donors (Lipinski definition) is 1. The summed E-state index contributed by atoms with van der Waals surface area (Å²) in [5.74, 6) is -2.33. The van der Waals surface area contributed by atoms with E-state index in [-0.39, 0.29) is 0 Å². The van der Waals surface area contributed by atoms with Crippen LogP contribution in [0.15, 0.2) is 69.4 Å². The van der Waals surface area contributed by atoms with Crippen molar-refractivity contribution in [1.29, 1.82) is 0 Å². The number of nitrogens with zero attached hydrogens (tertiary/aromatic N) is 2. The van der Waals surface area contributed by atoms with Gasteiger partial charge in [-0.3, -0.25) is 14.8 Å². The summed E-state index contributed by atoms with van der Waals surface area (Å²) in [6.45, 7) is 5.23. The lowest BCUT2D eigenvalue weighted by atomic mass is 10.2. The molecule has 1 aromatic carbocycles. The topological polar surface area (TPSA) is 54.4 Å². The van der Waals surface area contributed by atoms with E-state index >= 15 is 0 Å². The first-order chi connectivity index (χ1) is 12.5. The predicted molar refractivity (Wildman–Crippen MR) is 104 cm³/mol. The highest BCUT2D eigenvalue weighted by molar-refractivity contribution is 8.02. The van der Waals surface area contributed by atoms with Crippen molar-refractivity contribution in [1.82, 2.24) is 10.3 Å². The van der Waals surface area contributed by atoms with E-state index in [2.05, 4.69) is 22.0 Å². The Hall–Kier alpha value is -2.19. The van der Waals surface area contributed by atoms with Gasteiger partial charge in [0.05, 0.1) is 10.7 Å². The van der Waals surface area contributed by atoms with Gasteiger partial charge >= 0.3 is 0 Å². The lowest BCUT2D eigenvalue weighted by Gasteiger charge is -2.12. The van der Waals surface area contributed by atoms with Gasteiger partial charge in [0.25, 0.3) is 11.7 Å². The molecule has 136 valence electrons. The highest BCUT2D eigenvalue weighted by Crippen LogP contribution is 2.26. The van der Waals surface area contributed by atoms with Crippen LogP contribution < -0.4 is 5.32 Å². The van der Waals surface area contributed by atoms with Crippen LogP contribution in [0, 0.1) is 0 Å². The van der Waals surface area contributed by atoms with Gasteiger partial charge in [0.15, 0.2) is 0 Å². The van der Waals surface area contributed by atoms with Crippen LogP contribution in [0.4, 0.5) is 8.78 Å². The molecule has 2 aromatic rings. The first-order valence-electron chi connectivity index (χ1n) is 7.55. The summed E-state index contributed by atoms with van der Waals surface area (Å²) in [7, 11) is 0. The van der Waals surface area contributed by atoms with E-state index in [1.807, 2.05) is 12.1 Å². The maximum atomic E-state index is 12.5. The number of pyridine rings is 1. The maximum Gasteiger partial charge on any atom is 0.288 e. The second kappa shape index (κ2) is 10.1. The van der Waals surface area contributed by atoms with E-state index in [4.69, 9.17) is 0 Å². The first-order valence-corrected chi connectivity index (χ1v) is 9.41. The fourth-order valence-electron chi connectivity index (χ4n) is 1.93. The molecule has 0 aliphatic heterocycles. The van der Waals surface area contributed by atoms with Gasteiger partial charge < -0.3 is 5.32 Å². The van der Waals surface area contributed by atoms with Crippen molar-refractivity contribution >= 4 is 36.1 Å². The smallest absolute Gasteiger partial charge is 0.288 e. The first kappa shape index (κ1) is 20.1. The number of allylic oxidation sites excluding steroid dienone is 1. The van der Waals surface area contributed by atoms with E-state index in [0.717, 1.165) is 5.56 Å². The average Bonchev–Trinajstić information content (AvgIpc) is 2.64. The molecule has 8 heteroatoms. The Bertz CT molecular complexity index is 798. The average molecular weight is 393 g/mol. The zero-order valence-corrected chi connectivity index (χ0v) is 15.6. The molecule has 1 amide bonds. The maximum absolute atomic E-state index is 12.5. The zero-order chi connectivity index (χ0) is 18.9. The van der Waals surface area contributed by atoms with Gasteiger partial charge in [-0.2, -0.15) is 8.78 Å². The number of thioether (sulfide) groups is 2. The molecular formula is C18H17F2N3OS2. The van der Waals surface area contributed by atoms with Crippen molar-refractivity contribution in [2.45, 2.75) is 23.3 Å². The molecule has 1 N–H and O–H groups in total. The van der Waals surface area contributed by atoms with Crippen molar-refractivity contribution in [2.75, 3.05) is 0 Å². The Morgan fingerprint density at radius 3 is 2.81 bits per heavy atom. The van der Waals surface area contributed by atoms with Crippen LogP contribution in [0.25, 0.3) is 0 Å². The van der Waals surface area contributed by atoms with Crippen molar-refractivity contribution in [3.05, 3.63) is 70.6 Å². The minimum absolute atomic E-state index is 0.298. The second-order valence-electron chi connectivity index (χ2n) is 5.08. The number of hydrogen-bond acceptors (Lipinski definition) is 5. The Morgan fingerprint density at radius 1 is 1.35 bits per heavy atom. The molecule has 0 atom stereocenters. The SMILES string of the molecule is C=N/C(C)=C(/NC(=O)c1cccc(SC(F)F)c1)SCc1cccnc1. The highest BCUT2D eigenvalue weighted by Gasteiger charge is 2.13. The quantitative estimate of drug-likeness (QED) is 0.509. The summed E-state index contributed by atoms with van der Waals surface area (Å²) in [6.07, 6.45) is 3.43. The number of rotatable bonds is 8. The molecule has 0 aliphatic carbocycles. The molecule has 0 aliphatic rings. The van der Waals surface area contributed by atoms with E-state index in [1.165, 1.54) is 23.9 Å². The molecule has 4 nitrogen and oxygen atoms in total. The van der Waals surface area contributed by atoms with Crippen LogP contribution in [-0.2, 0) is 5.75 Å². The van der Waals surface area contributed by atoms with Crippen molar-refractivity contribution in [3.63, 3.8) is 0 Å². The second-order valence-corrected chi connectivity index (χ2v) is 7.13. The lowest BCUT2D eigenvalue weighted by Crippen LogP contribution is -2.22. The van der Waals surface area contributed by atoms with Gasteiger partial charge in [0, 0.05) is 28.6 Å². The van der Waals surface area contributed by atoms with Gasteiger partial charge in [-0.15, -0.1) is 11.8 Å². The Kier molecular flexibility index (Phi) is 7.80. The number of carbonyl (C=O) groups is 1. The molecule has 0 spiro atoms. The summed E-state index contributed by atoms with van der Waals surface area (Å²) in [4.78, 5) is 20.8. The molecule has 1 aromatic heterocycles. The van der Waals surface area contributed by atoms with E-state index in [1.54, 1.807) is 31.5 Å². The number of alkyl halides is 2. The van der Waals surface area contributed by atoms with Crippen molar-refractivity contribution in [3.8, 4) is 0 Å². The molecule has 0 radical (unpaired) electrons. The summed E-state index contributed by atoms with van der Waals surface area (Å²) in [5, 5.41) is 3.34. The molecule has 0 bridgehead atoms. The minimum Gasteiger partial charge on any atom is -0.315 e.